The number of phenolic OH excluding ortho intramolecular Hbond substituents is 1. The Balaban J connectivity index is 1.72. The lowest BCUT2D eigenvalue weighted by atomic mass is 10.1. The Morgan fingerprint density at radius 1 is 0.966 bits per heavy atom. The summed E-state index contributed by atoms with van der Waals surface area (Å²) < 4.78 is 0.671. The van der Waals surface area contributed by atoms with Gasteiger partial charge in [0, 0.05) is 10.0 Å². The summed E-state index contributed by atoms with van der Waals surface area (Å²) in [5.74, 6) is -0.340. The van der Waals surface area contributed by atoms with Gasteiger partial charge < -0.3 is 5.11 Å². The van der Waals surface area contributed by atoms with Gasteiger partial charge in [0.05, 0.1) is 23.2 Å². The van der Waals surface area contributed by atoms with E-state index < -0.39 is 0 Å². The molecule has 0 radical (unpaired) electrons. The predicted octanol–water partition coefficient (Wildman–Crippen LogP) is 5.95. The van der Waals surface area contributed by atoms with Crippen LogP contribution >= 0.6 is 15.9 Å². The van der Waals surface area contributed by atoms with E-state index in [0.29, 0.717) is 21.3 Å². The van der Waals surface area contributed by atoms with Gasteiger partial charge in [0.2, 0.25) is 0 Å². The molecule has 0 spiro atoms. The Morgan fingerprint density at radius 3 is 2.38 bits per heavy atom. The third-order valence-electron chi connectivity index (χ3n) is 4.27. The summed E-state index contributed by atoms with van der Waals surface area (Å²) in [4.78, 5) is 12.2. The molecule has 3 aromatic rings. The van der Waals surface area contributed by atoms with Gasteiger partial charge in [-0.2, -0.15) is 15.3 Å². The monoisotopic (exact) mass is 450 g/mol. The molecular weight excluding hydrogens is 432 g/mol. The molecule has 6 nitrogen and oxygen atoms in total. The Labute approximate surface area is 177 Å². The zero-order chi connectivity index (χ0) is 20.8. The molecule has 0 bridgehead atoms. The molecule has 0 fully saturated rings. The van der Waals surface area contributed by atoms with Gasteiger partial charge in [-0.25, -0.2) is 5.43 Å². The van der Waals surface area contributed by atoms with Crippen LogP contribution in [0.25, 0.3) is 0 Å². The number of aryl methyl sites for hydroxylation is 2. The highest BCUT2D eigenvalue weighted by atomic mass is 79.9. The van der Waals surface area contributed by atoms with Crippen molar-refractivity contribution in [3.8, 4) is 5.75 Å². The number of hydrogen-bond donors (Lipinski definition) is 2. The topological polar surface area (TPSA) is 86.4 Å². The van der Waals surface area contributed by atoms with E-state index in [1.165, 1.54) is 17.8 Å². The Bertz CT molecular complexity index is 1110. The van der Waals surface area contributed by atoms with Crippen LogP contribution in [-0.2, 0) is 0 Å². The zero-order valence-corrected chi connectivity index (χ0v) is 17.5. The van der Waals surface area contributed by atoms with E-state index in [-0.39, 0.29) is 11.7 Å². The molecule has 0 heterocycles. The highest BCUT2D eigenvalue weighted by molar-refractivity contribution is 9.10. The molecule has 0 aliphatic carbocycles. The molecule has 3 aromatic carbocycles. The van der Waals surface area contributed by atoms with Crippen molar-refractivity contribution in [3.63, 3.8) is 0 Å². The molecule has 7 heteroatoms. The SMILES string of the molecule is Cc1ccc(N=Nc2ccc(O)c(/C=N\NC(=O)c3ccccc3Br)c2)cc1C. The predicted molar refractivity (Wildman–Crippen MR) is 117 cm³/mol. The Hall–Kier alpha value is -3.32. The summed E-state index contributed by atoms with van der Waals surface area (Å²) in [5, 5.41) is 22.4. The van der Waals surface area contributed by atoms with Crippen LogP contribution in [0.15, 0.2) is 80.5 Å². The van der Waals surface area contributed by atoms with Gasteiger partial charge in [-0.1, -0.05) is 18.2 Å². The molecule has 146 valence electrons. The summed E-state index contributed by atoms with van der Waals surface area (Å²) in [6, 6.07) is 17.7. The number of hydrogen-bond acceptors (Lipinski definition) is 5. The summed E-state index contributed by atoms with van der Waals surface area (Å²) in [7, 11) is 0. The minimum atomic E-state index is -0.362. The number of phenols is 1. The molecular formula is C22H19BrN4O2. The van der Waals surface area contributed by atoms with Gasteiger partial charge >= 0.3 is 0 Å². The summed E-state index contributed by atoms with van der Waals surface area (Å²) in [5.41, 5.74) is 6.95. The standard InChI is InChI=1S/C22H19BrN4O2/c1-14-7-8-17(11-15(14)2)25-26-18-9-10-21(28)16(12-18)13-24-27-22(29)19-5-3-4-6-20(19)23/h3-13,28H,1-2H3,(H,27,29)/b24-13-,26-25?. The number of amides is 1. The van der Waals surface area contributed by atoms with E-state index in [4.69, 9.17) is 0 Å². The molecule has 0 saturated heterocycles. The number of azo groups is 1. The van der Waals surface area contributed by atoms with Crippen LogP contribution in [0.3, 0.4) is 0 Å². The van der Waals surface area contributed by atoms with Gasteiger partial charge in [0.25, 0.3) is 5.91 Å². The minimum Gasteiger partial charge on any atom is -0.507 e. The average Bonchev–Trinajstić information content (AvgIpc) is 2.71. The smallest absolute Gasteiger partial charge is 0.272 e. The molecule has 1 amide bonds. The molecule has 0 unspecified atom stereocenters. The van der Waals surface area contributed by atoms with Gasteiger partial charge in [0.15, 0.2) is 0 Å². The van der Waals surface area contributed by atoms with Crippen LogP contribution in [0.5, 0.6) is 5.75 Å². The molecule has 0 aromatic heterocycles. The summed E-state index contributed by atoms with van der Waals surface area (Å²) in [6.45, 7) is 4.06. The number of nitrogens with one attached hydrogen (secondary N) is 1. The molecule has 3 rings (SSSR count). The van der Waals surface area contributed by atoms with Crippen molar-refractivity contribution in [2.45, 2.75) is 13.8 Å². The maximum absolute atomic E-state index is 12.2. The van der Waals surface area contributed by atoms with Gasteiger partial charge in [-0.15, -0.1) is 0 Å². The van der Waals surface area contributed by atoms with Crippen LogP contribution in [-0.4, -0.2) is 17.2 Å². The zero-order valence-electron chi connectivity index (χ0n) is 15.9. The first-order chi connectivity index (χ1) is 13.9. The van der Waals surface area contributed by atoms with E-state index in [0.717, 1.165) is 11.3 Å². The lowest BCUT2D eigenvalue weighted by molar-refractivity contribution is 0.0954. The number of nitrogens with zero attached hydrogens (tertiary/aromatic N) is 3. The fraction of sp³-hybridized carbons (Fsp3) is 0.0909. The fourth-order valence-electron chi connectivity index (χ4n) is 2.48. The van der Waals surface area contributed by atoms with E-state index >= 15 is 0 Å². The van der Waals surface area contributed by atoms with Crippen molar-refractivity contribution in [2.24, 2.45) is 15.3 Å². The third-order valence-corrected chi connectivity index (χ3v) is 4.96. The van der Waals surface area contributed by atoms with Gasteiger partial charge in [0.1, 0.15) is 5.75 Å². The minimum absolute atomic E-state index is 0.0222. The van der Waals surface area contributed by atoms with E-state index in [1.54, 1.807) is 30.3 Å². The number of halogens is 1. The van der Waals surface area contributed by atoms with Crippen molar-refractivity contribution in [1.29, 1.82) is 0 Å². The average molecular weight is 451 g/mol. The van der Waals surface area contributed by atoms with Crippen LogP contribution in [0.2, 0.25) is 0 Å². The van der Waals surface area contributed by atoms with Gasteiger partial charge in [-0.3, -0.25) is 4.79 Å². The van der Waals surface area contributed by atoms with Crippen molar-refractivity contribution >= 4 is 39.4 Å². The normalized spacial score (nSPS) is 11.3. The quantitative estimate of drug-likeness (QED) is 0.285. The Morgan fingerprint density at radius 2 is 1.66 bits per heavy atom. The van der Waals surface area contributed by atoms with E-state index in [9.17, 15) is 9.90 Å². The molecule has 0 saturated carbocycles. The molecule has 0 aliphatic rings. The number of carbonyl (C=O) groups excluding carboxylic acids is 1. The van der Waals surface area contributed by atoms with Gasteiger partial charge in [-0.05, 0) is 83.4 Å². The van der Waals surface area contributed by atoms with Crippen molar-refractivity contribution in [1.82, 2.24) is 5.43 Å². The third kappa shape index (κ3) is 5.36. The van der Waals surface area contributed by atoms with E-state index in [2.05, 4.69) is 36.7 Å². The van der Waals surface area contributed by atoms with Crippen LogP contribution < -0.4 is 5.43 Å². The molecule has 0 atom stereocenters. The number of carbonyl (C=O) groups is 1. The maximum Gasteiger partial charge on any atom is 0.272 e. The fourth-order valence-corrected chi connectivity index (χ4v) is 2.94. The number of rotatable bonds is 5. The summed E-state index contributed by atoms with van der Waals surface area (Å²) in [6.07, 6.45) is 1.36. The highest BCUT2D eigenvalue weighted by Crippen LogP contribution is 2.25. The second-order valence-corrected chi connectivity index (χ2v) is 7.24. The lowest BCUT2D eigenvalue weighted by Crippen LogP contribution is -2.18. The lowest BCUT2D eigenvalue weighted by Gasteiger charge is -2.03. The largest absolute Gasteiger partial charge is 0.507 e. The van der Waals surface area contributed by atoms with Crippen LogP contribution in [0, 0.1) is 13.8 Å². The second-order valence-electron chi connectivity index (χ2n) is 6.39. The van der Waals surface area contributed by atoms with Crippen molar-refractivity contribution in [3.05, 3.63) is 87.4 Å². The Kier molecular flexibility index (Phi) is 6.51. The summed E-state index contributed by atoms with van der Waals surface area (Å²) >= 11 is 3.32. The van der Waals surface area contributed by atoms with Crippen molar-refractivity contribution in [2.75, 3.05) is 0 Å². The number of aromatic hydroxyl groups is 1. The highest BCUT2D eigenvalue weighted by Gasteiger charge is 2.08. The van der Waals surface area contributed by atoms with Crippen molar-refractivity contribution < 1.29 is 9.90 Å². The second kappa shape index (κ2) is 9.25. The number of benzene rings is 3. The maximum atomic E-state index is 12.2. The molecule has 0 aliphatic heterocycles. The first-order valence-electron chi connectivity index (χ1n) is 8.84. The van der Waals surface area contributed by atoms with Crippen LogP contribution in [0.4, 0.5) is 11.4 Å². The van der Waals surface area contributed by atoms with Crippen LogP contribution in [0.1, 0.15) is 27.0 Å². The molecule has 29 heavy (non-hydrogen) atoms. The first kappa shape index (κ1) is 20.4. The number of hydrazone groups is 1. The first-order valence-corrected chi connectivity index (χ1v) is 9.63. The van der Waals surface area contributed by atoms with E-state index in [1.807, 2.05) is 38.1 Å². The molecule has 2 N–H and O–H groups in total.